The molecule has 88 valence electrons. The number of benzene rings is 1. The topological polar surface area (TPSA) is 42.0 Å². The van der Waals surface area contributed by atoms with Gasteiger partial charge in [0.15, 0.2) is 0 Å². The highest BCUT2D eigenvalue weighted by Gasteiger charge is 2.22. The van der Waals surface area contributed by atoms with Crippen LogP contribution < -0.4 is 5.32 Å². The number of rotatable bonds is 1. The Kier molecular flexibility index (Phi) is 2.85. The third kappa shape index (κ3) is 2.02. The molecule has 1 fully saturated rings. The van der Waals surface area contributed by atoms with Crippen LogP contribution >= 0.6 is 24.0 Å². The Balaban J connectivity index is 2.13. The van der Waals surface area contributed by atoms with Gasteiger partial charge in [-0.05, 0) is 12.1 Å². The van der Waals surface area contributed by atoms with Crippen LogP contribution in [-0.2, 0) is 4.79 Å². The summed E-state index contributed by atoms with van der Waals surface area (Å²) >= 11 is 6.24. The van der Waals surface area contributed by atoms with Gasteiger partial charge in [-0.2, -0.15) is 0 Å². The van der Waals surface area contributed by atoms with Gasteiger partial charge < -0.3 is 5.32 Å². The minimum Gasteiger partial charge on any atom is -0.307 e. The summed E-state index contributed by atoms with van der Waals surface area (Å²) in [5.74, 6) is -0.141. The molecular weight excluding hydrogens is 264 g/mol. The first-order valence-electron chi connectivity index (χ1n) is 5.33. The summed E-state index contributed by atoms with van der Waals surface area (Å²) in [5.41, 5.74) is 1.81. The number of amides is 1. The van der Waals surface area contributed by atoms with Gasteiger partial charge in [-0.15, -0.1) is 0 Å². The predicted octanol–water partition coefficient (Wildman–Crippen LogP) is 2.72. The smallest absolute Gasteiger partial charge is 0.263 e. The summed E-state index contributed by atoms with van der Waals surface area (Å²) in [6.45, 7) is 0. The second kappa shape index (κ2) is 4.51. The summed E-state index contributed by atoms with van der Waals surface area (Å²) in [5, 5.41) is 3.66. The first-order valence-corrected chi connectivity index (χ1v) is 6.55. The number of nitrogens with one attached hydrogen (secondary N) is 1. The van der Waals surface area contributed by atoms with Crippen LogP contribution in [0, 0.1) is 0 Å². The monoisotopic (exact) mass is 272 g/mol. The molecule has 2 heterocycles. The summed E-state index contributed by atoms with van der Waals surface area (Å²) in [7, 11) is 0. The molecule has 1 saturated heterocycles. The Morgan fingerprint density at radius 1 is 1.28 bits per heavy atom. The highest BCUT2D eigenvalue weighted by atomic mass is 32.2. The lowest BCUT2D eigenvalue weighted by molar-refractivity contribution is -0.115. The van der Waals surface area contributed by atoms with Gasteiger partial charge >= 0.3 is 0 Å². The lowest BCUT2D eigenvalue weighted by atomic mass is 10.1. The van der Waals surface area contributed by atoms with Crippen molar-refractivity contribution in [2.24, 2.45) is 0 Å². The standard InChI is InChI=1S/C13H8N2OS2/c16-12-10(18-13(17)15-12)7-9-4-1-3-8-5-2-6-14-11(8)9/h1-7H,(H,15,16,17)/b10-7-. The predicted molar refractivity (Wildman–Crippen MR) is 78.1 cm³/mol. The molecular formula is C13H8N2OS2. The summed E-state index contributed by atoms with van der Waals surface area (Å²) in [6, 6.07) is 9.78. The van der Waals surface area contributed by atoms with Crippen molar-refractivity contribution in [3.63, 3.8) is 0 Å². The van der Waals surface area contributed by atoms with Gasteiger partial charge in [0, 0.05) is 17.1 Å². The molecule has 5 heteroatoms. The second-order valence-corrected chi connectivity index (χ2v) is 5.49. The maximum Gasteiger partial charge on any atom is 0.263 e. The van der Waals surface area contributed by atoms with Crippen molar-refractivity contribution in [3.05, 3.63) is 47.0 Å². The maximum absolute atomic E-state index is 11.6. The quantitative estimate of drug-likeness (QED) is 0.640. The Hall–Kier alpha value is -1.72. The number of fused-ring (bicyclic) bond motifs is 1. The average molecular weight is 272 g/mol. The Labute approximate surface area is 113 Å². The molecule has 1 aliphatic rings. The summed E-state index contributed by atoms with van der Waals surface area (Å²) in [6.07, 6.45) is 3.57. The van der Waals surface area contributed by atoms with Crippen LogP contribution in [0.1, 0.15) is 5.56 Å². The lowest BCUT2D eigenvalue weighted by Crippen LogP contribution is -2.17. The number of para-hydroxylation sites is 1. The fourth-order valence-corrected chi connectivity index (χ4v) is 2.84. The molecule has 3 rings (SSSR count). The zero-order chi connectivity index (χ0) is 12.5. The number of thioether (sulfide) groups is 1. The van der Waals surface area contributed by atoms with Crippen LogP contribution in [0.3, 0.4) is 0 Å². The van der Waals surface area contributed by atoms with Crippen LogP contribution in [0.25, 0.3) is 17.0 Å². The largest absolute Gasteiger partial charge is 0.307 e. The zero-order valence-corrected chi connectivity index (χ0v) is 10.8. The maximum atomic E-state index is 11.6. The molecule has 1 aromatic carbocycles. The number of nitrogens with zero attached hydrogens (tertiary/aromatic N) is 1. The molecule has 1 aromatic heterocycles. The molecule has 0 unspecified atom stereocenters. The van der Waals surface area contributed by atoms with Crippen molar-refractivity contribution in [1.29, 1.82) is 0 Å². The van der Waals surface area contributed by atoms with E-state index in [-0.39, 0.29) is 5.91 Å². The first kappa shape index (κ1) is 11.4. The Morgan fingerprint density at radius 2 is 2.11 bits per heavy atom. The number of pyridine rings is 1. The SMILES string of the molecule is O=C1NC(=S)S/C1=C\c1cccc2cccnc12. The van der Waals surface area contributed by atoms with Crippen LogP contribution in [0.5, 0.6) is 0 Å². The van der Waals surface area contributed by atoms with Gasteiger partial charge in [-0.3, -0.25) is 9.78 Å². The van der Waals surface area contributed by atoms with E-state index in [0.29, 0.717) is 9.23 Å². The van der Waals surface area contributed by atoms with E-state index in [9.17, 15) is 4.79 Å². The summed E-state index contributed by atoms with van der Waals surface area (Å²) in [4.78, 5) is 16.6. The molecule has 1 amide bonds. The number of hydrogen-bond donors (Lipinski definition) is 1. The molecule has 0 spiro atoms. The third-order valence-electron chi connectivity index (χ3n) is 2.59. The van der Waals surface area contributed by atoms with E-state index in [1.807, 2.05) is 36.4 Å². The van der Waals surface area contributed by atoms with Gasteiger partial charge in [0.2, 0.25) is 0 Å². The van der Waals surface area contributed by atoms with Crippen LogP contribution in [0.2, 0.25) is 0 Å². The average Bonchev–Trinajstić information content (AvgIpc) is 2.68. The summed E-state index contributed by atoms with van der Waals surface area (Å²) < 4.78 is 0.499. The van der Waals surface area contributed by atoms with Gasteiger partial charge in [0.05, 0.1) is 10.4 Å². The van der Waals surface area contributed by atoms with E-state index in [0.717, 1.165) is 16.5 Å². The van der Waals surface area contributed by atoms with Crippen molar-refractivity contribution in [2.45, 2.75) is 0 Å². The van der Waals surface area contributed by atoms with E-state index < -0.39 is 0 Å². The molecule has 0 atom stereocenters. The molecule has 1 aliphatic heterocycles. The Bertz CT molecular complexity index is 689. The van der Waals surface area contributed by atoms with E-state index >= 15 is 0 Å². The molecule has 2 aromatic rings. The highest BCUT2D eigenvalue weighted by Crippen LogP contribution is 2.27. The van der Waals surface area contributed by atoms with Gasteiger partial charge in [0.25, 0.3) is 5.91 Å². The molecule has 3 nitrogen and oxygen atoms in total. The Morgan fingerprint density at radius 3 is 2.89 bits per heavy atom. The third-order valence-corrected chi connectivity index (χ3v) is 3.76. The van der Waals surface area contributed by atoms with Gasteiger partial charge in [-0.25, -0.2) is 0 Å². The molecule has 0 bridgehead atoms. The van der Waals surface area contributed by atoms with Crippen molar-refractivity contribution >= 4 is 51.2 Å². The number of aromatic nitrogens is 1. The van der Waals surface area contributed by atoms with Crippen LogP contribution in [0.15, 0.2) is 41.4 Å². The number of hydrogen-bond acceptors (Lipinski definition) is 4. The number of carbonyl (C=O) groups excluding carboxylic acids is 1. The molecule has 0 radical (unpaired) electrons. The second-order valence-electron chi connectivity index (χ2n) is 3.77. The van der Waals surface area contributed by atoms with E-state index in [1.54, 1.807) is 6.20 Å². The minimum atomic E-state index is -0.141. The number of thiocarbonyl (C=S) groups is 1. The highest BCUT2D eigenvalue weighted by molar-refractivity contribution is 8.26. The van der Waals surface area contributed by atoms with Crippen molar-refractivity contribution in [3.8, 4) is 0 Å². The van der Waals surface area contributed by atoms with E-state index in [4.69, 9.17) is 12.2 Å². The van der Waals surface area contributed by atoms with Crippen LogP contribution in [0.4, 0.5) is 0 Å². The molecule has 0 aliphatic carbocycles. The van der Waals surface area contributed by atoms with Gasteiger partial charge in [0.1, 0.15) is 4.32 Å². The molecule has 18 heavy (non-hydrogen) atoms. The van der Waals surface area contributed by atoms with Crippen molar-refractivity contribution < 1.29 is 4.79 Å². The molecule has 1 N–H and O–H groups in total. The van der Waals surface area contributed by atoms with E-state index in [2.05, 4.69) is 10.3 Å². The van der Waals surface area contributed by atoms with Crippen molar-refractivity contribution in [1.82, 2.24) is 10.3 Å². The van der Waals surface area contributed by atoms with E-state index in [1.165, 1.54) is 11.8 Å². The fraction of sp³-hybridized carbons (Fsp3) is 0. The zero-order valence-electron chi connectivity index (χ0n) is 9.21. The fourth-order valence-electron chi connectivity index (χ4n) is 1.81. The van der Waals surface area contributed by atoms with Crippen LogP contribution in [-0.4, -0.2) is 15.2 Å². The molecule has 0 saturated carbocycles. The van der Waals surface area contributed by atoms with Crippen molar-refractivity contribution in [2.75, 3.05) is 0 Å². The number of carbonyl (C=O) groups is 1. The normalized spacial score (nSPS) is 17.4. The minimum absolute atomic E-state index is 0.141. The van der Waals surface area contributed by atoms with Gasteiger partial charge in [-0.1, -0.05) is 48.2 Å². The lowest BCUT2D eigenvalue weighted by Gasteiger charge is -2.01. The first-order chi connectivity index (χ1) is 8.74.